The van der Waals surface area contributed by atoms with Crippen LogP contribution in [0.25, 0.3) is 0 Å². The Kier molecular flexibility index (Phi) is 6.07. The molecule has 8 heteroatoms. The van der Waals surface area contributed by atoms with Crippen LogP contribution in [-0.4, -0.2) is 68.9 Å². The molecule has 0 aliphatic carbocycles. The van der Waals surface area contributed by atoms with Gasteiger partial charge in [0, 0.05) is 12.1 Å². The minimum absolute atomic E-state index is 0.0154. The Morgan fingerprint density at radius 2 is 1.00 bits per heavy atom. The average molecular weight is 396 g/mol. The molecular formula is C20H32N2O6. The largest absolute Gasteiger partial charge is 0.359 e. The number of nitrogens with zero attached hydrogens (tertiary/aromatic N) is 2. The highest BCUT2D eigenvalue weighted by Crippen LogP contribution is 2.36. The first kappa shape index (κ1) is 22.5. The molecule has 0 spiro atoms. The summed E-state index contributed by atoms with van der Waals surface area (Å²) in [4.78, 5) is 51.8. The topological polar surface area (TPSA) is 93.2 Å². The number of hydrogen-bond acceptors (Lipinski definition) is 6. The first-order valence-corrected chi connectivity index (χ1v) is 9.77. The van der Waals surface area contributed by atoms with Crippen molar-refractivity contribution in [1.82, 2.24) is 9.80 Å². The van der Waals surface area contributed by atoms with Crippen LogP contribution in [0.2, 0.25) is 0 Å². The van der Waals surface area contributed by atoms with Gasteiger partial charge in [0.15, 0.2) is 0 Å². The van der Waals surface area contributed by atoms with E-state index in [0.29, 0.717) is 0 Å². The van der Waals surface area contributed by atoms with Crippen molar-refractivity contribution in [3.63, 3.8) is 0 Å². The summed E-state index contributed by atoms with van der Waals surface area (Å²) in [6.07, 6.45) is -1.81. The molecule has 0 saturated carbocycles. The van der Waals surface area contributed by atoms with Crippen molar-refractivity contribution in [1.29, 1.82) is 0 Å². The van der Waals surface area contributed by atoms with Gasteiger partial charge in [-0.05, 0) is 55.4 Å². The van der Waals surface area contributed by atoms with Crippen LogP contribution in [-0.2, 0) is 28.7 Å². The van der Waals surface area contributed by atoms with Crippen LogP contribution in [0, 0.1) is 0 Å². The molecule has 2 unspecified atom stereocenters. The van der Waals surface area contributed by atoms with Gasteiger partial charge < -0.3 is 9.47 Å². The van der Waals surface area contributed by atoms with Gasteiger partial charge in [-0.25, -0.2) is 0 Å². The quantitative estimate of drug-likeness (QED) is 0.608. The van der Waals surface area contributed by atoms with Gasteiger partial charge in [0.1, 0.15) is 12.2 Å². The Bertz CT molecular complexity index is 624. The third-order valence-electron chi connectivity index (χ3n) is 5.64. The van der Waals surface area contributed by atoms with E-state index in [0.717, 1.165) is 0 Å². The zero-order valence-electron chi connectivity index (χ0n) is 18.1. The number of carbonyl (C=O) groups excluding carboxylic acids is 4. The lowest BCUT2D eigenvalue weighted by Gasteiger charge is -2.43. The Morgan fingerprint density at radius 3 is 1.21 bits per heavy atom. The molecule has 2 aliphatic rings. The maximum absolute atomic E-state index is 12.6. The van der Waals surface area contributed by atoms with Gasteiger partial charge in [-0.15, -0.1) is 0 Å². The van der Waals surface area contributed by atoms with Gasteiger partial charge in [0.2, 0.25) is 11.8 Å². The fourth-order valence-electron chi connectivity index (χ4n) is 3.51. The lowest BCUT2D eigenvalue weighted by atomic mass is 9.88. The normalized spacial score (nSPS) is 24.5. The maximum atomic E-state index is 12.6. The van der Waals surface area contributed by atoms with E-state index in [4.69, 9.17) is 9.47 Å². The molecule has 0 N–H and O–H groups in total. The molecular weight excluding hydrogens is 364 g/mol. The van der Waals surface area contributed by atoms with Crippen LogP contribution in [0.5, 0.6) is 0 Å². The zero-order valence-corrected chi connectivity index (χ0v) is 18.1. The molecule has 0 radical (unpaired) electrons. The number of imide groups is 2. The third kappa shape index (κ3) is 3.98. The standard InChI is InChI=1S/C20H32N2O6/c1-11(2)21-15(23)9-13(17(21)25)27-19(5,6)20(7,8)28-14-10-16(24)22(12(3)4)18(14)26/h11-14H,9-10H2,1-8H3. The molecule has 2 heterocycles. The molecule has 0 aromatic carbocycles. The summed E-state index contributed by atoms with van der Waals surface area (Å²) in [6.45, 7) is 14.1. The van der Waals surface area contributed by atoms with Crippen LogP contribution in [0.4, 0.5) is 0 Å². The van der Waals surface area contributed by atoms with Gasteiger partial charge in [-0.1, -0.05) is 0 Å². The predicted molar refractivity (Wildman–Crippen MR) is 101 cm³/mol. The summed E-state index contributed by atoms with van der Waals surface area (Å²) < 4.78 is 12.1. The Labute approximate surface area is 166 Å². The van der Waals surface area contributed by atoms with Crippen molar-refractivity contribution in [2.75, 3.05) is 0 Å². The maximum Gasteiger partial charge on any atom is 0.259 e. The van der Waals surface area contributed by atoms with Crippen LogP contribution in [0.15, 0.2) is 0 Å². The van der Waals surface area contributed by atoms with E-state index in [-0.39, 0.29) is 48.6 Å². The van der Waals surface area contributed by atoms with E-state index in [1.807, 2.05) is 0 Å². The molecule has 2 rings (SSSR count). The minimum Gasteiger partial charge on any atom is -0.359 e. The van der Waals surface area contributed by atoms with Crippen molar-refractivity contribution in [3.8, 4) is 0 Å². The number of rotatable bonds is 7. The summed E-state index contributed by atoms with van der Waals surface area (Å²) in [5.41, 5.74) is -1.98. The SMILES string of the molecule is CC(C)N1C(=O)CC(OC(C)(C)C(C)(C)OC2CC(=O)N(C(C)C)C2=O)C1=O. The number of carbonyl (C=O) groups is 4. The Morgan fingerprint density at radius 1 is 0.714 bits per heavy atom. The summed E-state index contributed by atoms with van der Waals surface area (Å²) in [5.74, 6) is -1.24. The summed E-state index contributed by atoms with van der Waals surface area (Å²) in [7, 11) is 0. The average Bonchev–Trinajstić information content (AvgIpc) is 2.94. The fourth-order valence-corrected chi connectivity index (χ4v) is 3.51. The Hall–Kier alpha value is -1.80. The number of likely N-dealkylation sites (tertiary alicyclic amines) is 2. The zero-order chi connectivity index (χ0) is 21.6. The van der Waals surface area contributed by atoms with Gasteiger partial charge in [-0.2, -0.15) is 0 Å². The first-order valence-electron chi connectivity index (χ1n) is 9.77. The second kappa shape index (κ2) is 7.55. The highest BCUT2D eigenvalue weighted by atomic mass is 16.6. The van der Waals surface area contributed by atoms with Crippen LogP contribution in [0.3, 0.4) is 0 Å². The van der Waals surface area contributed by atoms with Crippen molar-refractivity contribution in [2.24, 2.45) is 0 Å². The van der Waals surface area contributed by atoms with Crippen LogP contribution >= 0.6 is 0 Å². The molecule has 2 fully saturated rings. The van der Waals surface area contributed by atoms with Gasteiger partial charge in [0.05, 0.1) is 24.0 Å². The fraction of sp³-hybridized carbons (Fsp3) is 0.800. The van der Waals surface area contributed by atoms with E-state index in [9.17, 15) is 19.2 Å². The highest BCUT2D eigenvalue weighted by molar-refractivity contribution is 6.05. The van der Waals surface area contributed by atoms with E-state index >= 15 is 0 Å². The Balaban J connectivity index is 2.12. The molecule has 2 aliphatic heterocycles. The molecule has 0 aromatic rings. The minimum atomic E-state index is -0.991. The molecule has 0 aromatic heterocycles. The van der Waals surface area contributed by atoms with Crippen LogP contribution in [0.1, 0.15) is 68.2 Å². The molecule has 2 saturated heterocycles. The summed E-state index contributed by atoms with van der Waals surface area (Å²) in [6, 6.07) is -0.463. The lowest BCUT2D eigenvalue weighted by molar-refractivity contribution is -0.212. The second-order valence-electron chi connectivity index (χ2n) is 9.03. The smallest absolute Gasteiger partial charge is 0.259 e. The third-order valence-corrected chi connectivity index (χ3v) is 5.64. The molecule has 0 bridgehead atoms. The van der Waals surface area contributed by atoms with Crippen molar-refractivity contribution in [2.45, 2.75) is 104 Å². The van der Waals surface area contributed by atoms with Gasteiger partial charge >= 0.3 is 0 Å². The van der Waals surface area contributed by atoms with Crippen molar-refractivity contribution >= 4 is 23.6 Å². The number of amides is 4. The van der Waals surface area contributed by atoms with E-state index in [1.165, 1.54) is 9.80 Å². The number of ether oxygens (including phenoxy) is 2. The van der Waals surface area contributed by atoms with Crippen molar-refractivity contribution < 1.29 is 28.7 Å². The molecule has 158 valence electrons. The van der Waals surface area contributed by atoms with Gasteiger partial charge in [-0.3, -0.25) is 29.0 Å². The molecule has 4 amide bonds. The van der Waals surface area contributed by atoms with E-state index < -0.39 is 23.4 Å². The van der Waals surface area contributed by atoms with Crippen LogP contribution < -0.4 is 0 Å². The molecule has 2 atom stereocenters. The highest BCUT2D eigenvalue weighted by Gasteiger charge is 2.51. The summed E-state index contributed by atoms with van der Waals surface area (Å²) in [5, 5.41) is 0. The monoisotopic (exact) mass is 396 g/mol. The molecule has 28 heavy (non-hydrogen) atoms. The predicted octanol–water partition coefficient (Wildman–Crippen LogP) is 1.65. The second-order valence-corrected chi connectivity index (χ2v) is 9.03. The van der Waals surface area contributed by atoms with E-state index in [2.05, 4.69) is 0 Å². The first-order chi connectivity index (χ1) is 12.7. The summed E-state index contributed by atoms with van der Waals surface area (Å²) >= 11 is 0. The molecule has 8 nitrogen and oxygen atoms in total. The number of hydrogen-bond donors (Lipinski definition) is 0. The van der Waals surface area contributed by atoms with E-state index in [1.54, 1.807) is 55.4 Å². The van der Waals surface area contributed by atoms with Crippen molar-refractivity contribution in [3.05, 3.63) is 0 Å². The lowest BCUT2D eigenvalue weighted by Crippen LogP contribution is -2.54. The van der Waals surface area contributed by atoms with Gasteiger partial charge in [0.25, 0.3) is 11.8 Å².